The fourth-order valence-corrected chi connectivity index (χ4v) is 1.79. The summed E-state index contributed by atoms with van der Waals surface area (Å²) in [6.07, 6.45) is 0. The summed E-state index contributed by atoms with van der Waals surface area (Å²) in [5.41, 5.74) is 1.61. The summed E-state index contributed by atoms with van der Waals surface area (Å²) in [4.78, 5) is 13.0. The van der Waals surface area contributed by atoms with Crippen LogP contribution in [-0.2, 0) is 11.3 Å². The van der Waals surface area contributed by atoms with E-state index >= 15 is 0 Å². The molecule has 0 spiro atoms. The molecule has 0 unspecified atom stereocenters. The number of rotatable bonds is 3. The Morgan fingerprint density at radius 2 is 2.33 bits per heavy atom. The maximum Gasteiger partial charge on any atom is 0.232 e. The molecule has 0 aliphatic heterocycles. The number of carbonyl (C=O) groups excluding carboxylic acids is 1. The molecular weight excluding hydrogens is 303 g/mol. The molecule has 3 nitrogen and oxygen atoms in total. The number of hydrogen-bond acceptors (Lipinski definition) is 2. The molecule has 0 aromatic heterocycles. The molecule has 0 N–H and O–H groups in total. The second-order valence-corrected chi connectivity index (χ2v) is 3.96. The van der Waals surface area contributed by atoms with Crippen LogP contribution in [-0.4, -0.2) is 22.3 Å². The van der Waals surface area contributed by atoms with E-state index in [2.05, 4.69) is 6.07 Å². The minimum absolute atomic E-state index is 0.0953. The third-order valence-electron chi connectivity index (χ3n) is 2.02. The van der Waals surface area contributed by atoms with E-state index < -0.39 is 0 Å². The molecule has 1 aromatic carbocycles. The van der Waals surface area contributed by atoms with Crippen molar-refractivity contribution in [2.45, 2.75) is 6.54 Å². The first-order valence-electron chi connectivity index (χ1n) is 4.46. The topological polar surface area (TPSA) is 44.1 Å². The monoisotopic (exact) mass is 314 g/mol. The minimum Gasteiger partial charge on any atom is -0.341 e. The lowest BCUT2D eigenvalue weighted by molar-refractivity contribution is -0.127. The number of carbonyl (C=O) groups is 1. The Hall–Kier alpha value is -1.09. The van der Waals surface area contributed by atoms with Crippen molar-refractivity contribution in [2.75, 3.05) is 11.5 Å². The second kappa shape index (κ2) is 5.71. The number of alkyl halides is 1. The van der Waals surface area contributed by atoms with Gasteiger partial charge in [0.2, 0.25) is 5.91 Å². The van der Waals surface area contributed by atoms with Gasteiger partial charge in [0.1, 0.15) is 0 Å². The molecule has 0 aliphatic rings. The minimum atomic E-state index is 0.0953. The van der Waals surface area contributed by atoms with Crippen molar-refractivity contribution >= 4 is 28.5 Å². The van der Waals surface area contributed by atoms with E-state index in [4.69, 9.17) is 5.26 Å². The van der Waals surface area contributed by atoms with Gasteiger partial charge in [-0.3, -0.25) is 4.79 Å². The average Bonchev–Trinajstić information content (AvgIpc) is 2.28. The Labute approximate surface area is 103 Å². The molecule has 0 fully saturated rings. The average molecular weight is 314 g/mol. The molecule has 4 heteroatoms. The number of hydrogen-bond donors (Lipinski definition) is 0. The van der Waals surface area contributed by atoms with Gasteiger partial charge in [0.15, 0.2) is 0 Å². The lowest BCUT2D eigenvalue weighted by atomic mass is 10.1. The zero-order valence-electron chi connectivity index (χ0n) is 8.40. The summed E-state index contributed by atoms with van der Waals surface area (Å²) in [7, 11) is 1.76. The van der Waals surface area contributed by atoms with Crippen molar-refractivity contribution < 1.29 is 4.79 Å². The zero-order valence-corrected chi connectivity index (χ0v) is 10.6. The maximum atomic E-state index is 11.3. The fraction of sp³-hybridized carbons (Fsp3) is 0.273. The quantitative estimate of drug-likeness (QED) is 0.632. The predicted octanol–water partition coefficient (Wildman–Crippen LogP) is 1.95. The number of halogens is 1. The molecule has 1 amide bonds. The molecule has 78 valence electrons. The Balaban J connectivity index is 2.73. The number of nitrogens with zero attached hydrogens (tertiary/aromatic N) is 2. The van der Waals surface area contributed by atoms with Crippen LogP contribution in [0.25, 0.3) is 0 Å². The molecule has 0 radical (unpaired) electrons. The molecule has 0 atom stereocenters. The first-order chi connectivity index (χ1) is 7.17. The van der Waals surface area contributed by atoms with Crippen molar-refractivity contribution in [3.63, 3.8) is 0 Å². The van der Waals surface area contributed by atoms with Gasteiger partial charge in [-0.2, -0.15) is 5.26 Å². The zero-order chi connectivity index (χ0) is 11.3. The first kappa shape index (κ1) is 12.0. The summed E-state index contributed by atoms with van der Waals surface area (Å²) < 4.78 is 0.478. The van der Waals surface area contributed by atoms with Crippen molar-refractivity contribution in [2.24, 2.45) is 0 Å². The van der Waals surface area contributed by atoms with Crippen LogP contribution >= 0.6 is 22.6 Å². The van der Waals surface area contributed by atoms with E-state index in [0.717, 1.165) is 5.56 Å². The molecular formula is C11H11IN2O. The molecule has 0 heterocycles. The van der Waals surface area contributed by atoms with E-state index in [1.165, 1.54) is 0 Å². The lowest BCUT2D eigenvalue weighted by Crippen LogP contribution is -2.26. The van der Waals surface area contributed by atoms with Gasteiger partial charge in [0.05, 0.1) is 16.1 Å². The fourth-order valence-electron chi connectivity index (χ4n) is 1.20. The van der Waals surface area contributed by atoms with Crippen LogP contribution in [0.4, 0.5) is 0 Å². The summed E-state index contributed by atoms with van der Waals surface area (Å²) in [5.74, 6) is 0.0953. The molecule has 15 heavy (non-hydrogen) atoms. The van der Waals surface area contributed by atoms with Crippen LogP contribution < -0.4 is 0 Å². The Kier molecular flexibility index (Phi) is 4.56. The van der Waals surface area contributed by atoms with Crippen molar-refractivity contribution in [3.05, 3.63) is 35.4 Å². The summed E-state index contributed by atoms with van der Waals surface area (Å²) >= 11 is 2.04. The van der Waals surface area contributed by atoms with Crippen LogP contribution in [0, 0.1) is 11.3 Å². The van der Waals surface area contributed by atoms with Crippen molar-refractivity contribution in [3.8, 4) is 6.07 Å². The summed E-state index contributed by atoms with van der Waals surface area (Å²) in [6.45, 7) is 0.553. The molecule has 1 rings (SSSR count). The molecule has 0 bridgehead atoms. The van der Waals surface area contributed by atoms with Gasteiger partial charge < -0.3 is 4.90 Å². The number of benzene rings is 1. The van der Waals surface area contributed by atoms with Gasteiger partial charge in [-0.1, -0.05) is 34.7 Å². The van der Waals surface area contributed by atoms with E-state index in [9.17, 15) is 4.79 Å². The van der Waals surface area contributed by atoms with E-state index in [1.807, 2.05) is 34.7 Å². The van der Waals surface area contributed by atoms with Crippen molar-refractivity contribution in [1.82, 2.24) is 4.90 Å². The smallest absolute Gasteiger partial charge is 0.232 e. The number of amides is 1. The van der Waals surface area contributed by atoms with Crippen LogP contribution in [0.1, 0.15) is 11.1 Å². The SMILES string of the molecule is CN(Cc1cccc(C#N)c1)C(=O)CI. The Bertz CT molecular complexity index is 398. The lowest BCUT2D eigenvalue weighted by Gasteiger charge is -2.15. The largest absolute Gasteiger partial charge is 0.341 e. The highest BCUT2D eigenvalue weighted by Gasteiger charge is 2.07. The normalized spacial score (nSPS) is 9.40. The van der Waals surface area contributed by atoms with Gasteiger partial charge in [-0.05, 0) is 17.7 Å². The van der Waals surface area contributed by atoms with E-state index in [0.29, 0.717) is 16.5 Å². The Morgan fingerprint density at radius 1 is 1.60 bits per heavy atom. The number of nitriles is 1. The standard InChI is InChI=1S/C11H11IN2O/c1-14(11(15)6-12)8-10-4-2-3-9(5-10)7-13/h2-5H,6,8H2,1H3. The molecule has 1 aromatic rings. The summed E-state index contributed by atoms with van der Waals surface area (Å²) in [6, 6.07) is 9.38. The van der Waals surface area contributed by atoms with E-state index in [1.54, 1.807) is 24.1 Å². The van der Waals surface area contributed by atoms with E-state index in [-0.39, 0.29) is 5.91 Å². The maximum absolute atomic E-state index is 11.3. The third-order valence-corrected chi connectivity index (χ3v) is 2.67. The highest BCUT2D eigenvalue weighted by molar-refractivity contribution is 14.1. The first-order valence-corrected chi connectivity index (χ1v) is 5.99. The van der Waals surface area contributed by atoms with Gasteiger partial charge >= 0.3 is 0 Å². The highest BCUT2D eigenvalue weighted by atomic mass is 127. The van der Waals surface area contributed by atoms with Crippen LogP contribution in [0.2, 0.25) is 0 Å². The second-order valence-electron chi connectivity index (χ2n) is 3.20. The van der Waals surface area contributed by atoms with Gasteiger partial charge in [0, 0.05) is 13.6 Å². The summed E-state index contributed by atoms with van der Waals surface area (Å²) in [5, 5.41) is 8.72. The third kappa shape index (κ3) is 3.51. The predicted molar refractivity (Wildman–Crippen MR) is 66.5 cm³/mol. The van der Waals surface area contributed by atoms with Crippen LogP contribution in [0.3, 0.4) is 0 Å². The highest BCUT2D eigenvalue weighted by Crippen LogP contribution is 2.07. The van der Waals surface area contributed by atoms with Crippen LogP contribution in [0.15, 0.2) is 24.3 Å². The van der Waals surface area contributed by atoms with Gasteiger partial charge in [-0.15, -0.1) is 0 Å². The molecule has 0 aliphatic carbocycles. The van der Waals surface area contributed by atoms with Gasteiger partial charge in [0.25, 0.3) is 0 Å². The van der Waals surface area contributed by atoms with Crippen LogP contribution in [0.5, 0.6) is 0 Å². The molecule has 0 saturated heterocycles. The Morgan fingerprint density at radius 3 is 2.93 bits per heavy atom. The van der Waals surface area contributed by atoms with Gasteiger partial charge in [-0.25, -0.2) is 0 Å². The van der Waals surface area contributed by atoms with Crippen molar-refractivity contribution in [1.29, 1.82) is 5.26 Å². The molecule has 0 saturated carbocycles.